The van der Waals surface area contributed by atoms with E-state index >= 15 is 0 Å². The summed E-state index contributed by atoms with van der Waals surface area (Å²) in [5.41, 5.74) is -0.291. The minimum absolute atomic E-state index is 0.0587. The van der Waals surface area contributed by atoms with Gasteiger partial charge >= 0.3 is 18.0 Å². The van der Waals surface area contributed by atoms with E-state index in [4.69, 9.17) is 9.47 Å². The summed E-state index contributed by atoms with van der Waals surface area (Å²) in [6, 6.07) is 5.25. The fraction of sp³-hybridized carbons (Fsp3) is 0.526. The van der Waals surface area contributed by atoms with Gasteiger partial charge < -0.3 is 19.9 Å². The number of ether oxygens (including phenoxy) is 2. The van der Waals surface area contributed by atoms with Crippen LogP contribution < -0.4 is 5.32 Å². The lowest BCUT2D eigenvalue weighted by atomic mass is 10.0. The highest BCUT2D eigenvalue weighted by Crippen LogP contribution is 2.14. The lowest BCUT2D eigenvalue weighted by Crippen LogP contribution is -2.44. The topological polar surface area (TPSA) is 102 Å². The molecule has 0 saturated carbocycles. The van der Waals surface area contributed by atoms with Gasteiger partial charge in [-0.2, -0.15) is 0 Å². The number of amides is 1. The highest BCUT2D eigenvalue weighted by molar-refractivity contribution is 5.89. The van der Waals surface area contributed by atoms with Crippen molar-refractivity contribution in [3.8, 4) is 0 Å². The molecule has 26 heavy (non-hydrogen) atoms. The van der Waals surface area contributed by atoms with E-state index in [0.717, 1.165) is 0 Å². The number of alkyl carbamates (subject to hydrolysis) is 1. The van der Waals surface area contributed by atoms with Crippen LogP contribution in [0.4, 0.5) is 4.79 Å². The molecule has 7 heteroatoms. The molecule has 144 valence electrons. The minimum atomic E-state index is -1.17. The van der Waals surface area contributed by atoms with E-state index in [1.807, 2.05) is 0 Å². The highest BCUT2D eigenvalue weighted by Gasteiger charge is 2.24. The van der Waals surface area contributed by atoms with Crippen LogP contribution in [-0.2, 0) is 20.7 Å². The maximum atomic E-state index is 12.0. The van der Waals surface area contributed by atoms with E-state index in [2.05, 4.69) is 5.32 Å². The number of hydrogen-bond acceptors (Lipinski definition) is 5. The Kier molecular flexibility index (Phi) is 6.78. The monoisotopic (exact) mass is 365 g/mol. The first-order valence-corrected chi connectivity index (χ1v) is 8.31. The average molecular weight is 365 g/mol. The summed E-state index contributed by atoms with van der Waals surface area (Å²) in [7, 11) is 0. The van der Waals surface area contributed by atoms with Gasteiger partial charge in [0.1, 0.15) is 17.2 Å². The molecule has 0 radical (unpaired) electrons. The Hall–Kier alpha value is -2.57. The molecule has 0 fully saturated rings. The molecule has 0 aliphatic rings. The van der Waals surface area contributed by atoms with E-state index in [1.165, 1.54) is 0 Å². The summed E-state index contributed by atoms with van der Waals surface area (Å²) in [4.78, 5) is 35.2. The van der Waals surface area contributed by atoms with E-state index < -0.39 is 35.3 Å². The van der Waals surface area contributed by atoms with Gasteiger partial charge in [0.25, 0.3) is 0 Å². The van der Waals surface area contributed by atoms with Crippen LogP contribution in [0.2, 0.25) is 0 Å². The van der Waals surface area contributed by atoms with Crippen molar-refractivity contribution in [1.29, 1.82) is 0 Å². The third-order valence-corrected chi connectivity index (χ3v) is 3.02. The largest absolute Gasteiger partial charge is 0.480 e. The zero-order chi connectivity index (χ0) is 20.1. The van der Waals surface area contributed by atoms with Gasteiger partial charge in [-0.25, -0.2) is 14.4 Å². The number of carbonyl (C=O) groups excluding carboxylic acids is 2. The molecule has 1 amide bonds. The first-order chi connectivity index (χ1) is 11.8. The molecule has 0 aliphatic heterocycles. The Morgan fingerprint density at radius 1 is 0.962 bits per heavy atom. The maximum absolute atomic E-state index is 12.0. The first-order valence-electron chi connectivity index (χ1n) is 8.31. The van der Waals surface area contributed by atoms with Crippen molar-refractivity contribution in [1.82, 2.24) is 5.32 Å². The van der Waals surface area contributed by atoms with Crippen LogP contribution in [0.1, 0.15) is 57.5 Å². The van der Waals surface area contributed by atoms with Crippen LogP contribution in [0.5, 0.6) is 0 Å². The molecule has 7 nitrogen and oxygen atoms in total. The van der Waals surface area contributed by atoms with Gasteiger partial charge in [0.2, 0.25) is 0 Å². The number of carboxylic acids is 1. The molecule has 0 aliphatic carbocycles. The van der Waals surface area contributed by atoms with E-state index in [9.17, 15) is 19.5 Å². The molecule has 0 unspecified atom stereocenters. The fourth-order valence-corrected chi connectivity index (χ4v) is 2.00. The Morgan fingerprint density at radius 2 is 1.46 bits per heavy atom. The molecule has 0 bridgehead atoms. The number of rotatable bonds is 5. The summed E-state index contributed by atoms with van der Waals surface area (Å²) in [6.07, 6.45) is -0.737. The summed E-state index contributed by atoms with van der Waals surface area (Å²) < 4.78 is 10.4. The molecule has 1 aromatic carbocycles. The van der Waals surface area contributed by atoms with E-state index in [1.54, 1.807) is 65.8 Å². The Balaban J connectivity index is 2.77. The predicted molar refractivity (Wildman–Crippen MR) is 96.1 cm³/mol. The van der Waals surface area contributed by atoms with Crippen LogP contribution in [-0.4, -0.2) is 40.4 Å². The molecule has 2 N–H and O–H groups in total. The Bertz CT molecular complexity index is 652. The maximum Gasteiger partial charge on any atom is 0.408 e. The molecule has 1 atom stereocenters. The number of aliphatic carboxylic acids is 1. The van der Waals surface area contributed by atoms with Gasteiger partial charge in [-0.3, -0.25) is 0 Å². The molecule has 1 aromatic rings. The van der Waals surface area contributed by atoms with Crippen LogP contribution in [0.15, 0.2) is 24.3 Å². The Labute approximate surface area is 153 Å². The molecule has 0 heterocycles. The number of nitrogens with one attached hydrogen (secondary N) is 1. The molecule has 0 spiro atoms. The normalized spacial score (nSPS) is 12.8. The minimum Gasteiger partial charge on any atom is -0.480 e. The smallest absolute Gasteiger partial charge is 0.408 e. The second-order valence-corrected chi connectivity index (χ2v) is 7.94. The average Bonchev–Trinajstić information content (AvgIpc) is 2.43. The number of benzene rings is 1. The predicted octanol–water partition coefficient (Wildman–Crippen LogP) is 3.16. The highest BCUT2D eigenvalue weighted by atomic mass is 16.6. The van der Waals surface area contributed by atoms with Crippen LogP contribution in [0.3, 0.4) is 0 Å². The van der Waals surface area contributed by atoms with Crippen molar-refractivity contribution in [2.45, 2.75) is 65.2 Å². The van der Waals surface area contributed by atoms with Crippen LogP contribution in [0.25, 0.3) is 0 Å². The van der Waals surface area contributed by atoms with Crippen LogP contribution >= 0.6 is 0 Å². The molecular weight excluding hydrogens is 338 g/mol. The number of carbonyl (C=O) groups is 3. The quantitative estimate of drug-likeness (QED) is 0.777. The number of esters is 1. The summed E-state index contributed by atoms with van der Waals surface area (Å²) in [6.45, 7) is 10.4. The Morgan fingerprint density at radius 3 is 1.88 bits per heavy atom. The van der Waals surface area contributed by atoms with Crippen LogP contribution in [0, 0.1) is 0 Å². The van der Waals surface area contributed by atoms with E-state index in [-0.39, 0.29) is 6.42 Å². The third-order valence-electron chi connectivity index (χ3n) is 3.02. The van der Waals surface area contributed by atoms with Crippen molar-refractivity contribution in [2.24, 2.45) is 0 Å². The standard InChI is InChI=1S/C19H27NO6/c1-18(2,3)25-16(23)13-9-7-12(8-10-13)11-14(15(21)22)20-17(24)26-19(4,5)6/h7-10,14H,11H2,1-6H3,(H,20,24)(H,21,22)/t14-/m1/s1. The van der Waals surface area contributed by atoms with Crippen molar-refractivity contribution in [3.05, 3.63) is 35.4 Å². The molecule has 1 rings (SSSR count). The lowest BCUT2D eigenvalue weighted by Gasteiger charge is -2.22. The lowest BCUT2D eigenvalue weighted by molar-refractivity contribution is -0.139. The van der Waals surface area contributed by atoms with Gasteiger partial charge in [0.15, 0.2) is 0 Å². The number of hydrogen-bond donors (Lipinski definition) is 2. The van der Waals surface area contributed by atoms with Gasteiger partial charge in [-0.15, -0.1) is 0 Å². The van der Waals surface area contributed by atoms with Crippen molar-refractivity contribution < 1.29 is 29.0 Å². The van der Waals surface area contributed by atoms with Gasteiger partial charge in [-0.05, 0) is 59.2 Å². The third kappa shape index (κ3) is 8.00. The summed E-state index contributed by atoms with van der Waals surface area (Å²) in [5.74, 6) is -1.63. The summed E-state index contributed by atoms with van der Waals surface area (Å²) in [5, 5.41) is 11.6. The van der Waals surface area contributed by atoms with Crippen molar-refractivity contribution >= 4 is 18.0 Å². The van der Waals surface area contributed by atoms with Gasteiger partial charge in [-0.1, -0.05) is 12.1 Å². The van der Waals surface area contributed by atoms with Gasteiger partial charge in [0.05, 0.1) is 5.56 Å². The van der Waals surface area contributed by atoms with Crippen molar-refractivity contribution in [2.75, 3.05) is 0 Å². The second-order valence-electron chi connectivity index (χ2n) is 7.94. The molecule has 0 aromatic heterocycles. The van der Waals surface area contributed by atoms with Crippen molar-refractivity contribution in [3.63, 3.8) is 0 Å². The molecule has 0 saturated heterocycles. The van der Waals surface area contributed by atoms with E-state index in [0.29, 0.717) is 11.1 Å². The van der Waals surface area contributed by atoms with Gasteiger partial charge in [0, 0.05) is 6.42 Å². The first kappa shape index (κ1) is 21.5. The zero-order valence-corrected chi connectivity index (χ0v) is 16.1. The fourth-order valence-electron chi connectivity index (χ4n) is 2.00. The SMILES string of the molecule is CC(C)(C)OC(=O)N[C@H](Cc1ccc(C(=O)OC(C)(C)C)cc1)C(=O)O. The summed E-state index contributed by atoms with van der Waals surface area (Å²) >= 11 is 0. The zero-order valence-electron chi connectivity index (χ0n) is 16.1. The molecular formula is C19H27NO6. The second kappa shape index (κ2) is 8.21. The number of carboxylic acid groups (broad SMARTS) is 1.